The highest BCUT2D eigenvalue weighted by Gasteiger charge is 2.44. The van der Waals surface area contributed by atoms with Crippen LogP contribution >= 0.6 is 0 Å². The van der Waals surface area contributed by atoms with Gasteiger partial charge < -0.3 is 9.64 Å². The van der Waals surface area contributed by atoms with Crippen molar-refractivity contribution in [1.29, 1.82) is 0 Å². The van der Waals surface area contributed by atoms with Crippen molar-refractivity contribution in [2.45, 2.75) is 57.5 Å². The van der Waals surface area contributed by atoms with Crippen LogP contribution < -0.4 is 0 Å². The minimum atomic E-state index is -0.0827. The molecule has 3 aliphatic rings. The fraction of sp³-hybridized carbons (Fsp3) is 0.667. The minimum Gasteiger partial charge on any atom is -0.449 e. The molecule has 0 bridgehead atoms. The average Bonchev–Trinajstić information content (AvgIpc) is 2.66. The van der Waals surface area contributed by atoms with Gasteiger partial charge in [-0.25, -0.2) is 4.79 Å². The van der Waals surface area contributed by atoms with Crippen molar-refractivity contribution in [3.63, 3.8) is 0 Å². The second-order valence-corrected chi connectivity index (χ2v) is 7.83. The van der Waals surface area contributed by atoms with Crippen LogP contribution in [0.5, 0.6) is 0 Å². The molecular weight excluding hydrogens is 312 g/mol. The van der Waals surface area contributed by atoms with Gasteiger partial charge in [0.05, 0.1) is 6.61 Å². The molecule has 3 aliphatic heterocycles. The number of ether oxygens (including phenoxy) is 1. The highest BCUT2D eigenvalue weighted by atomic mass is 16.6. The topological polar surface area (TPSA) is 32.8 Å². The molecule has 0 aromatic heterocycles. The number of rotatable bonds is 3. The summed E-state index contributed by atoms with van der Waals surface area (Å²) in [6.45, 7) is 5.83. The first-order chi connectivity index (χ1) is 12.3. The summed E-state index contributed by atoms with van der Waals surface area (Å²) in [6.07, 6.45) is 6.51. The molecule has 0 aliphatic carbocycles. The van der Waals surface area contributed by atoms with E-state index in [0.29, 0.717) is 24.6 Å². The number of carbonyl (C=O) groups excluding carboxylic acids is 1. The van der Waals surface area contributed by atoms with Crippen molar-refractivity contribution in [3.05, 3.63) is 35.4 Å². The summed E-state index contributed by atoms with van der Waals surface area (Å²) >= 11 is 0. The second kappa shape index (κ2) is 7.36. The fourth-order valence-corrected chi connectivity index (χ4v) is 5.01. The lowest BCUT2D eigenvalue weighted by Crippen LogP contribution is -2.57. The van der Waals surface area contributed by atoms with Gasteiger partial charge in [0.15, 0.2) is 0 Å². The van der Waals surface area contributed by atoms with Crippen LogP contribution in [0.3, 0.4) is 0 Å². The molecule has 1 aromatic carbocycles. The van der Waals surface area contributed by atoms with E-state index in [1.807, 2.05) is 0 Å². The quantitative estimate of drug-likeness (QED) is 0.778. The van der Waals surface area contributed by atoms with Crippen molar-refractivity contribution in [2.24, 2.45) is 5.92 Å². The molecule has 4 heteroatoms. The lowest BCUT2D eigenvalue weighted by molar-refractivity contribution is -0.0125. The molecular formula is C21H30N2O2. The number of nitrogens with zero attached hydrogens (tertiary/aromatic N) is 2. The van der Waals surface area contributed by atoms with Crippen LogP contribution in [-0.2, 0) is 11.2 Å². The molecule has 3 atom stereocenters. The lowest BCUT2D eigenvalue weighted by atomic mass is 9.77. The Balaban J connectivity index is 1.51. The van der Waals surface area contributed by atoms with Crippen molar-refractivity contribution in [1.82, 2.24) is 9.80 Å². The molecule has 0 N–H and O–H groups in total. The van der Waals surface area contributed by atoms with Gasteiger partial charge in [0.2, 0.25) is 0 Å². The van der Waals surface area contributed by atoms with Crippen LogP contribution in [0, 0.1) is 5.92 Å². The summed E-state index contributed by atoms with van der Waals surface area (Å²) < 4.78 is 5.55. The monoisotopic (exact) mass is 342 g/mol. The first-order valence-electron chi connectivity index (χ1n) is 10.0. The van der Waals surface area contributed by atoms with Gasteiger partial charge >= 0.3 is 6.09 Å². The molecule has 0 spiro atoms. The highest BCUT2D eigenvalue weighted by molar-refractivity contribution is 5.68. The number of likely N-dealkylation sites (tertiary alicyclic amines) is 1. The Labute approximate surface area is 151 Å². The second-order valence-electron chi connectivity index (χ2n) is 7.83. The van der Waals surface area contributed by atoms with Crippen LogP contribution in [0.25, 0.3) is 0 Å². The first kappa shape index (κ1) is 16.9. The smallest absolute Gasteiger partial charge is 0.410 e. The van der Waals surface area contributed by atoms with E-state index in [-0.39, 0.29) is 6.09 Å². The third kappa shape index (κ3) is 3.29. The Morgan fingerprint density at radius 1 is 1.28 bits per heavy atom. The Hall–Kier alpha value is -1.55. The Bertz CT molecular complexity index is 618. The standard InChI is InChI=1S/C21H30N2O2/c1-2-3-13-25-21(24)23-11-6-8-17-15-22-12-10-16-7-4-5-9-18(16)20(22)14-19(17)23/h4-5,7,9,17,19-20H,2-3,6,8,10-15H2,1H3. The summed E-state index contributed by atoms with van der Waals surface area (Å²) in [4.78, 5) is 17.3. The summed E-state index contributed by atoms with van der Waals surface area (Å²) in [7, 11) is 0. The zero-order valence-electron chi connectivity index (χ0n) is 15.3. The average molecular weight is 342 g/mol. The van der Waals surface area contributed by atoms with Gasteiger partial charge in [-0.3, -0.25) is 4.90 Å². The van der Waals surface area contributed by atoms with Gasteiger partial charge in [-0.2, -0.15) is 0 Å². The van der Waals surface area contributed by atoms with Crippen molar-refractivity contribution in [2.75, 3.05) is 26.2 Å². The van der Waals surface area contributed by atoms with Gasteiger partial charge in [-0.1, -0.05) is 37.6 Å². The largest absolute Gasteiger partial charge is 0.449 e. The normalized spacial score (nSPS) is 28.7. The molecule has 1 amide bonds. The third-order valence-corrected chi connectivity index (χ3v) is 6.33. The van der Waals surface area contributed by atoms with E-state index in [1.165, 1.54) is 17.5 Å². The number of benzene rings is 1. The van der Waals surface area contributed by atoms with E-state index in [2.05, 4.69) is 41.0 Å². The maximum atomic E-state index is 12.6. The Kier molecular flexibility index (Phi) is 4.98. The Morgan fingerprint density at radius 2 is 2.16 bits per heavy atom. The number of hydrogen-bond donors (Lipinski definition) is 0. The van der Waals surface area contributed by atoms with Crippen LogP contribution in [0.4, 0.5) is 4.79 Å². The van der Waals surface area contributed by atoms with Crippen molar-refractivity contribution in [3.8, 4) is 0 Å². The SMILES string of the molecule is CCCCOC(=O)N1CCCC2CN3CCc4ccccc4C3CC21. The van der Waals surface area contributed by atoms with Crippen LogP contribution in [0.1, 0.15) is 56.2 Å². The van der Waals surface area contributed by atoms with E-state index in [1.54, 1.807) is 0 Å². The van der Waals surface area contributed by atoms with Crippen LogP contribution in [0.15, 0.2) is 24.3 Å². The van der Waals surface area contributed by atoms with Crippen molar-refractivity contribution >= 4 is 6.09 Å². The summed E-state index contributed by atoms with van der Waals surface area (Å²) in [5.41, 5.74) is 2.98. The minimum absolute atomic E-state index is 0.0827. The zero-order valence-corrected chi connectivity index (χ0v) is 15.3. The van der Waals surface area contributed by atoms with E-state index in [4.69, 9.17) is 4.74 Å². The van der Waals surface area contributed by atoms with Gasteiger partial charge in [0.1, 0.15) is 0 Å². The molecule has 0 saturated carbocycles. The number of hydrogen-bond acceptors (Lipinski definition) is 3. The van der Waals surface area contributed by atoms with Crippen LogP contribution in [0.2, 0.25) is 0 Å². The summed E-state index contributed by atoms with van der Waals surface area (Å²) in [6, 6.07) is 9.69. The molecule has 3 unspecified atom stereocenters. The zero-order chi connectivity index (χ0) is 17.2. The maximum absolute atomic E-state index is 12.6. The summed E-state index contributed by atoms with van der Waals surface area (Å²) in [5.74, 6) is 0.606. The predicted molar refractivity (Wildman–Crippen MR) is 98.6 cm³/mol. The third-order valence-electron chi connectivity index (χ3n) is 6.33. The molecule has 3 heterocycles. The molecule has 4 rings (SSSR count). The molecule has 4 nitrogen and oxygen atoms in total. The molecule has 2 saturated heterocycles. The van der Waals surface area contributed by atoms with E-state index >= 15 is 0 Å². The fourth-order valence-electron chi connectivity index (χ4n) is 5.01. The maximum Gasteiger partial charge on any atom is 0.410 e. The van der Waals surface area contributed by atoms with E-state index in [0.717, 1.165) is 51.7 Å². The highest BCUT2D eigenvalue weighted by Crippen LogP contribution is 2.42. The van der Waals surface area contributed by atoms with E-state index in [9.17, 15) is 4.79 Å². The van der Waals surface area contributed by atoms with Crippen molar-refractivity contribution < 1.29 is 9.53 Å². The van der Waals surface area contributed by atoms with Gasteiger partial charge in [0.25, 0.3) is 0 Å². The van der Waals surface area contributed by atoms with E-state index < -0.39 is 0 Å². The first-order valence-corrected chi connectivity index (χ1v) is 10.0. The number of piperidine rings is 2. The predicted octanol–water partition coefficient (Wildman–Crippen LogP) is 4.01. The number of amides is 1. The number of carbonyl (C=O) groups is 1. The van der Waals surface area contributed by atoms with Gasteiger partial charge in [-0.05, 0) is 49.1 Å². The van der Waals surface area contributed by atoms with Gasteiger partial charge in [-0.15, -0.1) is 0 Å². The molecule has 0 radical (unpaired) electrons. The number of fused-ring (bicyclic) bond motifs is 4. The molecule has 136 valence electrons. The molecule has 25 heavy (non-hydrogen) atoms. The Morgan fingerprint density at radius 3 is 3.04 bits per heavy atom. The van der Waals surface area contributed by atoms with Crippen LogP contribution in [-0.4, -0.2) is 48.2 Å². The number of unbranched alkanes of at least 4 members (excludes halogenated alkanes) is 1. The molecule has 2 fully saturated rings. The molecule has 1 aromatic rings. The summed E-state index contributed by atoms with van der Waals surface area (Å²) in [5, 5.41) is 0. The lowest BCUT2D eigenvalue weighted by Gasteiger charge is -2.51. The van der Waals surface area contributed by atoms with Gasteiger partial charge in [0, 0.05) is 31.7 Å².